The smallest absolute Gasteiger partial charge is 0.314 e. The molecule has 154 valence electrons. The zero-order valence-corrected chi connectivity index (χ0v) is 17.5. The second kappa shape index (κ2) is 8.15. The van der Waals surface area contributed by atoms with Gasteiger partial charge in [0.1, 0.15) is 6.61 Å². The maximum atomic E-state index is 12.1. The number of esters is 1. The zero-order chi connectivity index (χ0) is 21.2. The fraction of sp³-hybridized carbons (Fsp3) is 0.391. The Labute approximate surface area is 170 Å². The number of rotatable bonds is 7. The van der Waals surface area contributed by atoms with E-state index in [9.17, 15) is 9.59 Å². The number of fused-ring (bicyclic) bond motifs is 1. The quantitative estimate of drug-likeness (QED) is 0.655. The molecule has 6 heteroatoms. The van der Waals surface area contributed by atoms with Gasteiger partial charge >= 0.3 is 5.97 Å². The van der Waals surface area contributed by atoms with Gasteiger partial charge in [-0.2, -0.15) is 0 Å². The minimum atomic E-state index is -0.843. The molecule has 0 radical (unpaired) electrons. The summed E-state index contributed by atoms with van der Waals surface area (Å²) in [5, 5.41) is 0. The van der Waals surface area contributed by atoms with E-state index < -0.39 is 5.41 Å². The number of methoxy groups -OCH3 is 3. The average molecular weight is 398 g/mol. The van der Waals surface area contributed by atoms with Crippen molar-refractivity contribution in [2.45, 2.75) is 26.7 Å². The molecule has 2 aromatic rings. The second-order valence-corrected chi connectivity index (χ2v) is 7.64. The van der Waals surface area contributed by atoms with Crippen LogP contribution >= 0.6 is 0 Å². The molecule has 2 aromatic carbocycles. The predicted octanol–water partition coefficient (Wildman–Crippen LogP) is 4.08. The van der Waals surface area contributed by atoms with Crippen LogP contribution in [0, 0.1) is 5.41 Å². The van der Waals surface area contributed by atoms with Crippen LogP contribution < -0.4 is 14.2 Å². The van der Waals surface area contributed by atoms with E-state index in [1.54, 1.807) is 28.1 Å². The van der Waals surface area contributed by atoms with E-state index in [1.165, 1.54) is 7.11 Å². The summed E-state index contributed by atoms with van der Waals surface area (Å²) in [7, 11) is 4.45. The Balaban J connectivity index is 2.06. The van der Waals surface area contributed by atoms with Crippen molar-refractivity contribution in [1.82, 2.24) is 0 Å². The van der Waals surface area contributed by atoms with Gasteiger partial charge in [-0.05, 0) is 43.5 Å². The van der Waals surface area contributed by atoms with Gasteiger partial charge < -0.3 is 18.9 Å². The van der Waals surface area contributed by atoms with Crippen LogP contribution in [-0.4, -0.2) is 39.7 Å². The molecule has 1 aliphatic rings. The molecule has 3 rings (SSSR count). The standard InChI is InChI=1S/C23H26O6/c1-23(2,22(25)28-5)13-29-20-17(9-11-19(26-3)21(20)27-4)15-6-8-16-14(12-15)7-10-18(16)24/h6,8-9,11-12H,7,10,13H2,1-5H3. The van der Waals surface area contributed by atoms with Crippen LogP contribution in [-0.2, 0) is 16.0 Å². The van der Waals surface area contributed by atoms with Crippen molar-refractivity contribution in [2.75, 3.05) is 27.9 Å². The van der Waals surface area contributed by atoms with Crippen molar-refractivity contribution in [1.29, 1.82) is 0 Å². The van der Waals surface area contributed by atoms with Gasteiger partial charge in [0.25, 0.3) is 0 Å². The number of hydrogen-bond acceptors (Lipinski definition) is 6. The fourth-order valence-corrected chi connectivity index (χ4v) is 3.48. The third kappa shape index (κ3) is 3.92. The first-order valence-corrected chi connectivity index (χ1v) is 9.45. The van der Waals surface area contributed by atoms with E-state index in [2.05, 4.69) is 0 Å². The number of carbonyl (C=O) groups excluding carboxylic acids is 2. The largest absolute Gasteiger partial charge is 0.493 e. The van der Waals surface area contributed by atoms with Gasteiger partial charge in [0.15, 0.2) is 17.3 Å². The number of ketones is 1. The Kier molecular flexibility index (Phi) is 5.82. The maximum Gasteiger partial charge on any atom is 0.314 e. The minimum Gasteiger partial charge on any atom is -0.493 e. The molecule has 0 saturated heterocycles. The molecule has 29 heavy (non-hydrogen) atoms. The normalized spacial score (nSPS) is 13.1. The first-order chi connectivity index (χ1) is 13.8. The molecular formula is C23H26O6. The summed E-state index contributed by atoms with van der Waals surface area (Å²) < 4.78 is 22.0. The Bertz CT molecular complexity index is 945. The third-order valence-corrected chi connectivity index (χ3v) is 5.15. The van der Waals surface area contributed by atoms with Crippen LogP contribution in [0.5, 0.6) is 17.2 Å². The first kappa shape index (κ1) is 20.7. The molecule has 0 bridgehead atoms. The topological polar surface area (TPSA) is 71.1 Å². The Morgan fingerprint density at radius 2 is 1.69 bits per heavy atom. The highest BCUT2D eigenvalue weighted by molar-refractivity contribution is 6.01. The van der Waals surface area contributed by atoms with Crippen molar-refractivity contribution in [3.05, 3.63) is 41.5 Å². The lowest BCUT2D eigenvalue weighted by Crippen LogP contribution is -2.32. The highest BCUT2D eigenvalue weighted by Crippen LogP contribution is 2.45. The molecule has 0 saturated carbocycles. The lowest BCUT2D eigenvalue weighted by atomic mass is 9.95. The Morgan fingerprint density at radius 3 is 2.34 bits per heavy atom. The van der Waals surface area contributed by atoms with Crippen LogP contribution in [0.3, 0.4) is 0 Å². The van der Waals surface area contributed by atoms with E-state index in [4.69, 9.17) is 18.9 Å². The molecule has 0 unspecified atom stereocenters. The summed E-state index contributed by atoms with van der Waals surface area (Å²) in [6.45, 7) is 3.61. The molecule has 0 atom stereocenters. The van der Waals surface area contributed by atoms with Crippen molar-refractivity contribution in [3.8, 4) is 28.4 Å². The number of aryl methyl sites for hydroxylation is 1. The summed E-state index contributed by atoms with van der Waals surface area (Å²) >= 11 is 0. The van der Waals surface area contributed by atoms with Crippen molar-refractivity contribution in [3.63, 3.8) is 0 Å². The van der Waals surface area contributed by atoms with Crippen LogP contribution in [0.25, 0.3) is 11.1 Å². The average Bonchev–Trinajstić information content (AvgIpc) is 3.10. The highest BCUT2D eigenvalue weighted by Gasteiger charge is 2.31. The predicted molar refractivity (Wildman–Crippen MR) is 109 cm³/mol. The molecule has 0 fully saturated rings. The van der Waals surface area contributed by atoms with Crippen molar-refractivity contribution < 1.29 is 28.5 Å². The molecule has 0 N–H and O–H groups in total. The fourth-order valence-electron chi connectivity index (χ4n) is 3.48. The molecule has 0 spiro atoms. The molecular weight excluding hydrogens is 372 g/mol. The number of Topliss-reactive ketones (excluding diaryl/α,β-unsaturated/α-hetero) is 1. The SMILES string of the molecule is COC(=O)C(C)(C)COc1c(-c2ccc3c(c2)CCC3=O)ccc(OC)c1OC. The van der Waals surface area contributed by atoms with Crippen LogP contribution in [0.4, 0.5) is 0 Å². The second-order valence-electron chi connectivity index (χ2n) is 7.64. The summed E-state index contributed by atoms with van der Waals surface area (Å²) in [5.74, 6) is 1.26. The summed E-state index contributed by atoms with van der Waals surface area (Å²) in [5.41, 5.74) is 2.67. The van der Waals surface area contributed by atoms with Crippen LogP contribution in [0.1, 0.15) is 36.2 Å². The Morgan fingerprint density at radius 1 is 0.966 bits per heavy atom. The van der Waals surface area contributed by atoms with Gasteiger partial charge in [-0.15, -0.1) is 0 Å². The molecule has 0 aromatic heterocycles. The summed E-state index contributed by atoms with van der Waals surface area (Å²) in [4.78, 5) is 24.0. The molecule has 1 aliphatic carbocycles. The zero-order valence-electron chi connectivity index (χ0n) is 17.5. The lowest BCUT2D eigenvalue weighted by molar-refractivity contribution is -0.152. The molecule has 0 amide bonds. The first-order valence-electron chi connectivity index (χ1n) is 9.45. The summed E-state index contributed by atoms with van der Waals surface area (Å²) in [6, 6.07) is 9.48. The Hall–Kier alpha value is -3.02. The van der Waals surface area contributed by atoms with E-state index in [1.807, 2.05) is 30.3 Å². The van der Waals surface area contributed by atoms with Crippen LogP contribution in [0.2, 0.25) is 0 Å². The number of hydrogen-bond donors (Lipinski definition) is 0. The van der Waals surface area contributed by atoms with Gasteiger partial charge in [-0.1, -0.05) is 18.2 Å². The van der Waals surface area contributed by atoms with Crippen molar-refractivity contribution in [2.24, 2.45) is 5.41 Å². The highest BCUT2D eigenvalue weighted by atomic mass is 16.5. The summed E-state index contributed by atoms with van der Waals surface area (Å²) in [6.07, 6.45) is 1.28. The van der Waals surface area contributed by atoms with E-state index >= 15 is 0 Å². The molecule has 6 nitrogen and oxygen atoms in total. The van der Waals surface area contributed by atoms with Gasteiger partial charge in [-0.25, -0.2) is 0 Å². The molecule has 0 heterocycles. The van der Waals surface area contributed by atoms with Gasteiger partial charge in [0, 0.05) is 17.5 Å². The third-order valence-electron chi connectivity index (χ3n) is 5.15. The van der Waals surface area contributed by atoms with Gasteiger partial charge in [-0.3, -0.25) is 9.59 Å². The number of carbonyl (C=O) groups is 2. The van der Waals surface area contributed by atoms with Crippen molar-refractivity contribution >= 4 is 11.8 Å². The number of ether oxygens (including phenoxy) is 4. The van der Waals surface area contributed by atoms with Crippen LogP contribution in [0.15, 0.2) is 30.3 Å². The van der Waals surface area contributed by atoms with Gasteiger partial charge in [0.2, 0.25) is 5.75 Å². The van der Waals surface area contributed by atoms with E-state index in [-0.39, 0.29) is 18.4 Å². The van der Waals surface area contributed by atoms with E-state index in [0.29, 0.717) is 23.7 Å². The molecule has 0 aliphatic heterocycles. The lowest BCUT2D eigenvalue weighted by Gasteiger charge is -2.24. The van der Waals surface area contributed by atoms with Gasteiger partial charge in [0.05, 0.1) is 26.7 Å². The van der Waals surface area contributed by atoms with E-state index in [0.717, 1.165) is 28.7 Å². The maximum absolute atomic E-state index is 12.1. The number of benzene rings is 2. The minimum absolute atomic E-state index is 0.0969. The monoisotopic (exact) mass is 398 g/mol.